The number of aromatic nitrogens is 6. The summed E-state index contributed by atoms with van der Waals surface area (Å²) in [5, 5.41) is 11.3. The molecule has 3 aromatic rings. The molecule has 1 atom stereocenters. The van der Waals surface area contributed by atoms with Crippen molar-refractivity contribution in [3.05, 3.63) is 42.1 Å². The van der Waals surface area contributed by atoms with Gasteiger partial charge in [0.1, 0.15) is 5.82 Å². The number of amides is 1. The molecule has 1 aliphatic rings. The van der Waals surface area contributed by atoms with Gasteiger partial charge in [-0.05, 0) is 35.4 Å². The van der Waals surface area contributed by atoms with E-state index in [-0.39, 0.29) is 11.8 Å². The molecule has 4 heterocycles. The lowest BCUT2D eigenvalue weighted by Crippen LogP contribution is -2.39. The predicted molar refractivity (Wildman–Crippen MR) is 92.8 cm³/mol. The predicted octanol–water partition coefficient (Wildman–Crippen LogP) is 0.987. The first kappa shape index (κ1) is 16.6. The van der Waals surface area contributed by atoms with Crippen molar-refractivity contribution in [2.45, 2.75) is 25.3 Å². The highest BCUT2D eigenvalue weighted by Gasteiger charge is 2.28. The van der Waals surface area contributed by atoms with Crippen LogP contribution in [0.1, 0.15) is 34.9 Å². The molecule has 0 radical (unpaired) electrons. The Morgan fingerprint density at radius 2 is 2.31 bits per heavy atom. The Bertz CT molecular complexity index is 903. The third kappa shape index (κ3) is 3.17. The van der Waals surface area contributed by atoms with E-state index in [1.54, 1.807) is 30.0 Å². The molecule has 136 valence electrons. The number of carbonyl (C=O) groups is 1. The summed E-state index contributed by atoms with van der Waals surface area (Å²) >= 11 is 0. The molecule has 3 aromatic heterocycles. The Morgan fingerprint density at radius 3 is 3.19 bits per heavy atom. The van der Waals surface area contributed by atoms with Gasteiger partial charge >= 0.3 is 0 Å². The summed E-state index contributed by atoms with van der Waals surface area (Å²) < 4.78 is 8.84. The van der Waals surface area contributed by atoms with Gasteiger partial charge in [-0.1, -0.05) is 0 Å². The molecule has 1 aliphatic heterocycles. The molecule has 26 heavy (non-hydrogen) atoms. The second-order valence-corrected chi connectivity index (χ2v) is 6.46. The number of likely N-dealkylation sites (tertiary alicyclic amines) is 1. The number of hydrogen-bond acceptors (Lipinski definition) is 6. The van der Waals surface area contributed by atoms with Crippen LogP contribution in [0.25, 0.3) is 5.65 Å². The van der Waals surface area contributed by atoms with Crippen LogP contribution in [0, 0.1) is 0 Å². The van der Waals surface area contributed by atoms with Crippen LogP contribution in [0.2, 0.25) is 0 Å². The Labute approximate surface area is 150 Å². The molecule has 0 N–H and O–H groups in total. The summed E-state index contributed by atoms with van der Waals surface area (Å²) in [4.78, 5) is 19.4. The number of ether oxygens (including phenoxy) is 1. The van der Waals surface area contributed by atoms with Crippen molar-refractivity contribution in [2.75, 3.05) is 26.8 Å². The maximum absolute atomic E-state index is 12.9. The van der Waals surface area contributed by atoms with Gasteiger partial charge < -0.3 is 14.2 Å². The van der Waals surface area contributed by atoms with E-state index in [0.717, 1.165) is 31.8 Å². The van der Waals surface area contributed by atoms with Gasteiger partial charge in [0.2, 0.25) is 0 Å². The smallest absolute Gasteiger partial charge is 0.254 e. The van der Waals surface area contributed by atoms with Crippen molar-refractivity contribution in [1.29, 1.82) is 0 Å². The molecule has 0 bridgehead atoms. The van der Waals surface area contributed by atoms with Gasteiger partial charge in [0.05, 0.1) is 6.61 Å². The summed E-state index contributed by atoms with van der Waals surface area (Å²) in [6, 6.07) is 3.49. The molecule has 0 saturated carbocycles. The van der Waals surface area contributed by atoms with E-state index < -0.39 is 0 Å². The first-order valence-electron chi connectivity index (χ1n) is 8.73. The number of tetrazole rings is 1. The molecule has 9 nitrogen and oxygen atoms in total. The fourth-order valence-corrected chi connectivity index (χ4v) is 3.49. The minimum absolute atomic E-state index is 0.00944. The number of nitrogens with zero attached hydrogens (tertiary/aromatic N) is 7. The highest BCUT2D eigenvalue weighted by atomic mass is 16.5. The average Bonchev–Trinajstić information content (AvgIpc) is 3.34. The SMILES string of the molecule is COCCn1ccnc1[C@@H]1CCCN(C(=O)c2ccn3nnnc3c2)C1. The summed E-state index contributed by atoms with van der Waals surface area (Å²) in [7, 11) is 1.69. The summed E-state index contributed by atoms with van der Waals surface area (Å²) in [6.07, 6.45) is 7.49. The number of piperidine rings is 1. The lowest BCUT2D eigenvalue weighted by Gasteiger charge is -2.32. The van der Waals surface area contributed by atoms with E-state index >= 15 is 0 Å². The second-order valence-electron chi connectivity index (χ2n) is 6.46. The molecule has 1 amide bonds. The fraction of sp³-hybridized carbons (Fsp3) is 0.471. The molecule has 9 heteroatoms. The first-order chi connectivity index (χ1) is 12.8. The Hall–Kier alpha value is -2.81. The largest absolute Gasteiger partial charge is 0.383 e. The third-order valence-corrected chi connectivity index (χ3v) is 4.80. The van der Waals surface area contributed by atoms with E-state index in [1.807, 2.05) is 17.3 Å². The topological polar surface area (TPSA) is 90.4 Å². The average molecular weight is 355 g/mol. The van der Waals surface area contributed by atoms with E-state index in [4.69, 9.17) is 4.74 Å². The quantitative estimate of drug-likeness (QED) is 0.678. The van der Waals surface area contributed by atoms with E-state index in [0.29, 0.717) is 24.4 Å². The normalized spacial score (nSPS) is 17.7. The van der Waals surface area contributed by atoms with Crippen LogP contribution in [0.5, 0.6) is 0 Å². The van der Waals surface area contributed by atoms with Crippen LogP contribution >= 0.6 is 0 Å². The summed E-state index contributed by atoms with van der Waals surface area (Å²) in [6.45, 7) is 2.83. The zero-order valence-electron chi connectivity index (χ0n) is 14.7. The number of methoxy groups -OCH3 is 1. The van der Waals surface area contributed by atoms with E-state index in [2.05, 4.69) is 25.1 Å². The second kappa shape index (κ2) is 7.20. The van der Waals surface area contributed by atoms with E-state index in [1.165, 1.54) is 0 Å². The van der Waals surface area contributed by atoms with Crippen molar-refractivity contribution < 1.29 is 9.53 Å². The van der Waals surface area contributed by atoms with Gasteiger partial charge in [-0.3, -0.25) is 4.79 Å². The van der Waals surface area contributed by atoms with Crippen molar-refractivity contribution in [3.8, 4) is 0 Å². The lowest BCUT2D eigenvalue weighted by atomic mass is 9.96. The number of pyridine rings is 1. The van der Waals surface area contributed by atoms with Gasteiger partial charge in [-0.15, -0.1) is 5.10 Å². The van der Waals surface area contributed by atoms with E-state index in [9.17, 15) is 4.79 Å². The number of hydrogen-bond donors (Lipinski definition) is 0. The summed E-state index contributed by atoms with van der Waals surface area (Å²) in [5.74, 6) is 1.27. The monoisotopic (exact) mass is 355 g/mol. The van der Waals surface area contributed by atoms with Crippen LogP contribution in [0.15, 0.2) is 30.7 Å². The van der Waals surface area contributed by atoms with Crippen LogP contribution in [-0.4, -0.2) is 67.2 Å². The first-order valence-corrected chi connectivity index (χ1v) is 8.73. The minimum Gasteiger partial charge on any atom is -0.383 e. The van der Waals surface area contributed by atoms with Gasteiger partial charge in [0.25, 0.3) is 5.91 Å². The van der Waals surface area contributed by atoms with Crippen LogP contribution < -0.4 is 0 Å². The molecular weight excluding hydrogens is 334 g/mol. The Balaban J connectivity index is 1.51. The Morgan fingerprint density at radius 1 is 1.38 bits per heavy atom. The minimum atomic E-state index is 0.00944. The highest BCUT2D eigenvalue weighted by Crippen LogP contribution is 2.27. The maximum Gasteiger partial charge on any atom is 0.254 e. The van der Waals surface area contributed by atoms with Gasteiger partial charge in [0, 0.05) is 56.8 Å². The maximum atomic E-state index is 12.9. The van der Waals surface area contributed by atoms with Crippen molar-refractivity contribution in [2.24, 2.45) is 0 Å². The van der Waals surface area contributed by atoms with Crippen molar-refractivity contribution in [1.82, 2.24) is 34.5 Å². The number of rotatable bonds is 5. The molecule has 0 aliphatic carbocycles. The zero-order valence-corrected chi connectivity index (χ0v) is 14.7. The fourth-order valence-electron chi connectivity index (χ4n) is 3.49. The standard InChI is InChI=1S/C17H21N7O2/c1-26-10-9-22-8-5-18-16(22)14-3-2-6-23(12-14)17(25)13-4-7-24-15(11-13)19-20-21-24/h4-5,7-8,11,14H,2-3,6,9-10,12H2,1H3/t14-/m1/s1. The van der Waals surface area contributed by atoms with Gasteiger partial charge in [0.15, 0.2) is 5.65 Å². The van der Waals surface area contributed by atoms with Crippen LogP contribution in [0.4, 0.5) is 0 Å². The molecule has 0 unspecified atom stereocenters. The highest BCUT2D eigenvalue weighted by molar-refractivity contribution is 5.95. The van der Waals surface area contributed by atoms with Crippen molar-refractivity contribution in [3.63, 3.8) is 0 Å². The molecular formula is C17H21N7O2. The lowest BCUT2D eigenvalue weighted by molar-refractivity contribution is 0.0702. The number of imidazole rings is 1. The van der Waals surface area contributed by atoms with Gasteiger partial charge in [-0.2, -0.15) is 0 Å². The summed E-state index contributed by atoms with van der Waals surface area (Å²) in [5.41, 5.74) is 1.18. The molecule has 1 fully saturated rings. The van der Waals surface area contributed by atoms with Gasteiger partial charge in [-0.25, -0.2) is 9.50 Å². The molecule has 0 aromatic carbocycles. The zero-order chi connectivity index (χ0) is 17.9. The Kier molecular flexibility index (Phi) is 4.61. The van der Waals surface area contributed by atoms with Crippen LogP contribution in [-0.2, 0) is 11.3 Å². The molecule has 0 spiro atoms. The molecule has 4 rings (SSSR count). The van der Waals surface area contributed by atoms with Crippen LogP contribution in [0.3, 0.4) is 0 Å². The third-order valence-electron chi connectivity index (χ3n) is 4.80. The molecule has 1 saturated heterocycles. The van der Waals surface area contributed by atoms with Crippen molar-refractivity contribution >= 4 is 11.6 Å². The number of carbonyl (C=O) groups excluding carboxylic acids is 1. The number of fused-ring (bicyclic) bond motifs is 1.